The van der Waals surface area contributed by atoms with Crippen molar-refractivity contribution in [2.24, 2.45) is 0 Å². The molecule has 2 heterocycles. The van der Waals surface area contributed by atoms with E-state index < -0.39 is 0 Å². The Morgan fingerprint density at radius 1 is 0.514 bits per heavy atom. The molecule has 0 bridgehead atoms. The van der Waals surface area contributed by atoms with Crippen LogP contribution < -0.4 is 4.90 Å². The largest absolute Gasteiger partial charge is 0.456 e. The lowest BCUT2D eigenvalue weighted by Crippen LogP contribution is -2.10. The Balaban J connectivity index is 1.47. The third-order valence-electron chi connectivity index (χ3n) is 7.22. The first-order valence-electron chi connectivity index (χ1n) is 12.4. The monoisotopic (exact) mass is 491 g/mol. The SMILES string of the molecule is c1ccc(N(c2cccc3c2sc2cc4ccccc4cc23)c2cccc3oc4ccccc4c23)cc1. The normalized spacial score (nSPS) is 11.8. The van der Waals surface area contributed by atoms with Gasteiger partial charge < -0.3 is 9.32 Å². The molecule has 0 aliphatic heterocycles. The van der Waals surface area contributed by atoms with Crippen molar-refractivity contribution in [3.63, 3.8) is 0 Å². The van der Waals surface area contributed by atoms with Crippen LogP contribution in [-0.2, 0) is 0 Å². The zero-order valence-corrected chi connectivity index (χ0v) is 20.7. The van der Waals surface area contributed by atoms with Crippen molar-refractivity contribution in [3.05, 3.63) is 127 Å². The summed E-state index contributed by atoms with van der Waals surface area (Å²) in [6.07, 6.45) is 0. The van der Waals surface area contributed by atoms with Gasteiger partial charge in [-0.1, -0.05) is 78.9 Å². The van der Waals surface area contributed by atoms with E-state index in [4.69, 9.17) is 4.42 Å². The molecule has 0 unspecified atom stereocenters. The first-order valence-corrected chi connectivity index (χ1v) is 13.3. The summed E-state index contributed by atoms with van der Waals surface area (Å²) in [4.78, 5) is 2.39. The Kier molecular flexibility index (Phi) is 4.42. The summed E-state index contributed by atoms with van der Waals surface area (Å²) in [5.41, 5.74) is 5.21. The molecular formula is C34H21NOS. The molecule has 0 saturated heterocycles. The van der Waals surface area contributed by atoms with E-state index in [1.165, 1.54) is 36.6 Å². The average Bonchev–Trinajstić information content (AvgIpc) is 3.51. The van der Waals surface area contributed by atoms with Crippen molar-refractivity contribution in [2.45, 2.75) is 0 Å². The number of anilines is 3. The number of hydrogen-bond acceptors (Lipinski definition) is 3. The van der Waals surface area contributed by atoms with Gasteiger partial charge in [-0.25, -0.2) is 0 Å². The second kappa shape index (κ2) is 7.95. The highest BCUT2D eigenvalue weighted by Crippen LogP contribution is 2.48. The molecule has 8 rings (SSSR count). The molecule has 6 aromatic carbocycles. The fourth-order valence-corrected chi connectivity index (χ4v) is 6.81. The molecule has 37 heavy (non-hydrogen) atoms. The average molecular weight is 492 g/mol. The lowest BCUT2D eigenvalue weighted by atomic mass is 10.0. The Bertz CT molecular complexity index is 2100. The minimum atomic E-state index is 0.898. The maximum Gasteiger partial charge on any atom is 0.137 e. The number of rotatable bonds is 3. The van der Waals surface area contributed by atoms with Gasteiger partial charge in [-0.2, -0.15) is 0 Å². The van der Waals surface area contributed by atoms with Gasteiger partial charge in [-0.3, -0.25) is 0 Å². The second-order valence-electron chi connectivity index (χ2n) is 9.37. The molecule has 0 atom stereocenters. The van der Waals surface area contributed by atoms with E-state index in [1.54, 1.807) is 0 Å². The molecule has 0 N–H and O–H groups in total. The molecule has 0 radical (unpaired) electrons. The fraction of sp³-hybridized carbons (Fsp3) is 0. The van der Waals surface area contributed by atoms with E-state index in [9.17, 15) is 0 Å². The third-order valence-corrected chi connectivity index (χ3v) is 8.41. The van der Waals surface area contributed by atoms with E-state index in [-0.39, 0.29) is 0 Å². The first kappa shape index (κ1) is 20.6. The van der Waals surface area contributed by atoms with Crippen LogP contribution in [0.25, 0.3) is 52.9 Å². The van der Waals surface area contributed by atoms with Crippen LogP contribution in [0, 0.1) is 0 Å². The predicted molar refractivity (Wildman–Crippen MR) is 159 cm³/mol. The highest BCUT2D eigenvalue weighted by atomic mass is 32.1. The summed E-state index contributed by atoms with van der Waals surface area (Å²) >= 11 is 1.87. The second-order valence-corrected chi connectivity index (χ2v) is 10.4. The van der Waals surface area contributed by atoms with Gasteiger partial charge in [0.15, 0.2) is 0 Å². The van der Waals surface area contributed by atoms with Crippen LogP contribution in [0.15, 0.2) is 132 Å². The number of nitrogens with zero attached hydrogens (tertiary/aromatic N) is 1. The number of para-hydroxylation sites is 2. The fourth-order valence-electron chi connectivity index (χ4n) is 5.57. The smallest absolute Gasteiger partial charge is 0.137 e. The molecule has 2 nitrogen and oxygen atoms in total. The Labute approximate surface area is 217 Å². The van der Waals surface area contributed by atoms with Gasteiger partial charge in [-0.15, -0.1) is 11.3 Å². The molecule has 0 aliphatic carbocycles. The van der Waals surface area contributed by atoms with Crippen LogP contribution in [0.5, 0.6) is 0 Å². The predicted octanol–water partition coefficient (Wildman–Crippen LogP) is 10.6. The number of furan rings is 1. The highest BCUT2D eigenvalue weighted by molar-refractivity contribution is 7.26. The van der Waals surface area contributed by atoms with Gasteiger partial charge in [0.2, 0.25) is 0 Å². The van der Waals surface area contributed by atoms with Crippen molar-refractivity contribution in [1.82, 2.24) is 0 Å². The number of hydrogen-bond donors (Lipinski definition) is 0. The van der Waals surface area contributed by atoms with Crippen molar-refractivity contribution in [3.8, 4) is 0 Å². The van der Waals surface area contributed by atoms with Crippen LogP contribution >= 0.6 is 11.3 Å². The molecule has 0 spiro atoms. The Morgan fingerprint density at radius 3 is 2.08 bits per heavy atom. The quantitative estimate of drug-likeness (QED) is 0.244. The summed E-state index contributed by atoms with van der Waals surface area (Å²) in [5, 5.41) is 7.40. The van der Waals surface area contributed by atoms with Crippen molar-refractivity contribution >= 4 is 81.3 Å². The summed E-state index contributed by atoms with van der Waals surface area (Å²) in [6, 6.07) is 45.3. The van der Waals surface area contributed by atoms with Crippen LogP contribution in [0.1, 0.15) is 0 Å². The summed E-state index contributed by atoms with van der Waals surface area (Å²) in [7, 11) is 0. The molecule has 0 amide bonds. The van der Waals surface area contributed by atoms with E-state index in [2.05, 4.69) is 120 Å². The number of thiophene rings is 1. The van der Waals surface area contributed by atoms with E-state index in [0.29, 0.717) is 0 Å². The van der Waals surface area contributed by atoms with E-state index in [1.807, 2.05) is 23.5 Å². The van der Waals surface area contributed by atoms with E-state index in [0.717, 1.165) is 33.3 Å². The zero-order valence-electron chi connectivity index (χ0n) is 19.9. The lowest BCUT2D eigenvalue weighted by Gasteiger charge is -2.26. The minimum Gasteiger partial charge on any atom is -0.456 e. The first-order chi connectivity index (χ1) is 18.3. The van der Waals surface area contributed by atoms with Gasteiger partial charge in [0.1, 0.15) is 11.2 Å². The minimum absolute atomic E-state index is 0.898. The molecule has 0 aliphatic rings. The zero-order chi connectivity index (χ0) is 24.3. The Morgan fingerprint density at radius 2 is 1.19 bits per heavy atom. The van der Waals surface area contributed by atoms with Crippen LogP contribution in [0.2, 0.25) is 0 Å². The van der Waals surface area contributed by atoms with Gasteiger partial charge in [-0.05, 0) is 59.3 Å². The molecule has 0 fully saturated rings. The van der Waals surface area contributed by atoms with Crippen LogP contribution in [-0.4, -0.2) is 0 Å². The molecule has 174 valence electrons. The van der Waals surface area contributed by atoms with Crippen molar-refractivity contribution in [2.75, 3.05) is 4.90 Å². The summed E-state index contributed by atoms with van der Waals surface area (Å²) in [6.45, 7) is 0. The van der Waals surface area contributed by atoms with Gasteiger partial charge >= 0.3 is 0 Å². The molecule has 3 heteroatoms. The van der Waals surface area contributed by atoms with E-state index >= 15 is 0 Å². The Hall–Kier alpha value is -4.60. The van der Waals surface area contributed by atoms with Crippen LogP contribution in [0.4, 0.5) is 17.1 Å². The van der Waals surface area contributed by atoms with Crippen molar-refractivity contribution < 1.29 is 4.42 Å². The van der Waals surface area contributed by atoms with Gasteiger partial charge in [0.25, 0.3) is 0 Å². The summed E-state index contributed by atoms with van der Waals surface area (Å²) in [5.74, 6) is 0. The van der Waals surface area contributed by atoms with Crippen LogP contribution in [0.3, 0.4) is 0 Å². The standard InChI is InChI=1S/C34H21NOS/c1-2-12-24(13-3-1)35(28-16-9-19-31-33(28)26-14-6-7-18-30(26)36-31)29-17-8-15-25-27-20-22-10-4-5-11-23(22)21-32(27)37-34(25)29/h1-21H. The maximum absolute atomic E-state index is 6.27. The topological polar surface area (TPSA) is 16.4 Å². The highest BCUT2D eigenvalue weighted by Gasteiger charge is 2.22. The lowest BCUT2D eigenvalue weighted by molar-refractivity contribution is 0.669. The molecular weight excluding hydrogens is 470 g/mol. The van der Waals surface area contributed by atoms with Crippen molar-refractivity contribution in [1.29, 1.82) is 0 Å². The molecule has 0 saturated carbocycles. The van der Waals surface area contributed by atoms with Gasteiger partial charge in [0.05, 0.1) is 21.5 Å². The summed E-state index contributed by atoms with van der Waals surface area (Å²) < 4.78 is 8.86. The number of benzene rings is 6. The molecule has 2 aromatic heterocycles. The maximum atomic E-state index is 6.27. The molecule has 8 aromatic rings. The number of fused-ring (bicyclic) bond motifs is 7. The third kappa shape index (κ3) is 3.11. The van der Waals surface area contributed by atoms with Gasteiger partial charge in [0, 0.05) is 26.5 Å².